The minimum atomic E-state index is -3.88. The van der Waals surface area contributed by atoms with Gasteiger partial charge in [0.2, 0.25) is 0 Å². The van der Waals surface area contributed by atoms with Gasteiger partial charge in [0, 0.05) is 11.0 Å². The summed E-state index contributed by atoms with van der Waals surface area (Å²) >= 11 is 1.32. The van der Waals surface area contributed by atoms with Crippen LogP contribution in [-0.4, -0.2) is 31.1 Å². The summed E-state index contributed by atoms with van der Waals surface area (Å²) in [4.78, 5) is 13.9. The molecule has 2 aromatic rings. The molecule has 1 aliphatic heterocycles. The van der Waals surface area contributed by atoms with Crippen molar-refractivity contribution in [1.82, 2.24) is 4.31 Å². The lowest BCUT2D eigenvalue weighted by molar-refractivity contribution is 0.0885. The summed E-state index contributed by atoms with van der Waals surface area (Å²) in [5.41, 5.74) is 0.976. The molecule has 0 radical (unpaired) electrons. The fraction of sp³-hybridized carbons (Fsp3) is 0.316. The molecule has 5 nitrogen and oxygen atoms in total. The third-order valence-electron chi connectivity index (χ3n) is 4.14. The van der Waals surface area contributed by atoms with Crippen molar-refractivity contribution in [2.24, 2.45) is 0 Å². The summed E-state index contributed by atoms with van der Waals surface area (Å²) in [5, 5.41) is 0. The van der Waals surface area contributed by atoms with Gasteiger partial charge in [-0.3, -0.25) is 4.79 Å². The molecule has 0 unspecified atom stereocenters. The molecule has 1 amide bonds. The molecule has 0 aliphatic carbocycles. The molecule has 0 fully saturated rings. The second-order valence-electron chi connectivity index (χ2n) is 6.22. The van der Waals surface area contributed by atoms with Crippen molar-refractivity contribution < 1.29 is 17.9 Å². The fourth-order valence-corrected chi connectivity index (χ4v) is 5.60. The topological polar surface area (TPSA) is 63.7 Å². The molecule has 1 aliphatic rings. The number of hydrogen-bond acceptors (Lipinski definition) is 5. The molecule has 0 bridgehead atoms. The highest BCUT2D eigenvalue weighted by Crippen LogP contribution is 2.39. The predicted octanol–water partition coefficient (Wildman–Crippen LogP) is 4.10. The van der Waals surface area contributed by atoms with Gasteiger partial charge < -0.3 is 4.74 Å². The Kier molecular flexibility index (Phi) is 5.29. The minimum absolute atomic E-state index is 0.00466. The third-order valence-corrected chi connectivity index (χ3v) is 7.05. The zero-order valence-electron chi connectivity index (χ0n) is 14.9. The Morgan fingerprint density at radius 2 is 1.85 bits per heavy atom. The summed E-state index contributed by atoms with van der Waals surface area (Å²) in [6, 6.07) is 12.7. The smallest absolute Gasteiger partial charge is 0.270 e. The second-order valence-corrected chi connectivity index (χ2v) is 9.07. The van der Waals surface area contributed by atoms with Crippen molar-refractivity contribution in [2.45, 2.75) is 36.5 Å². The van der Waals surface area contributed by atoms with Gasteiger partial charge in [0.25, 0.3) is 15.9 Å². The zero-order chi connectivity index (χ0) is 18.9. The Labute approximate surface area is 158 Å². The average molecular weight is 392 g/mol. The van der Waals surface area contributed by atoms with Gasteiger partial charge in [-0.15, -0.1) is 11.8 Å². The van der Waals surface area contributed by atoms with E-state index < -0.39 is 15.9 Å². The number of benzene rings is 2. The SMILES string of the molecule is CCOc1cc(C(C)C)c2c(c1)S(=O)(=O)N(CSc1ccccc1)C2=O. The van der Waals surface area contributed by atoms with Crippen LogP contribution < -0.4 is 4.74 Å². The van der Waals surface area contributed by atoms with Crippen LogP contribution in [0.5, 0.6) is 5.75 Å². The first-order chi connectivity index (χ1) is 12.4. The number of nitrogens with zero attached hydrogens (tertiary/aromatic N) is 1. The molecule has 0 aromatic heterocycles. The molecule has 138 valence electrons. The lowest BCUT2D eigenvalue weighted by Gasteiger charge is -2.14. The van der Waals surface area contributed by atoms with Gasteiger partial charge in [-0.05, 0) is 36.6 Å². The van der Waals surface area contributed by atoms with Crippen LogP contribution in [0.3, 0.4) is 0 Å². The van der Waals surface area contributed by atoms with Crippen molar-refractivity contribution in [3.63, 3.8) is 0 Å². The van der Waals surface area contributed by atoms with Crippen LogP contribution in [0, 0.1) is 0 Å². The molecule has 0 spiro atoms. The first-order valence-electron chi connectivity index (χ1n) is 8.42. The Bertz CT molecular complexity index is 924. The van der Waals surface area contributed by atoms with Crippen LogP contribution >= 0.6 is 11.8 Å². The lowest BCUT2D eigenvalue weighted by atomic mass is 9.96. The number of thioether (sulfide) groups is 1. The van der Waals surface area contributed by atoms with Crippen molar-refractivity contribution in [3.8, 4) is 5.75 Å². The number of rotatable bonds is 6. The van der Waals surface area contributed by atoms with Crippen LogP contribution in [0.2, 0.25) is 0 Å². The monoisotopic (exact) mass is 391 g/mol. The van der Waals surface area contributed by atoms with Crippen LogP contribution in [0.1, 0.15) is 42.6 Å². The van der Waals surface area contributed by atoms with Crippen molar-refractivity contribution in [3.05, 3.63) is 53.6 Å². The largest absolute Gasteiger partial charge is 0.494 e. The third kappa shape index (κ3) is 3.33. The molecule has 0 N–H and O–H groups in total. The second kappa shape index (κ2) is 7.32. The van der Waals surface area contributed by atoms with E-state index in [-0.39, 0.29) is 22.3 Å². The highest BCUT2D eigenvalue weighted by atomic mass is 32.2. The minimum Gasteiger partial charge on any atom is -0.494 e. The molecule has 1 heterocycles. The molecular weight excluding hydrogens is 370 g/mol. The van der Waals surface area contributed by atoms with E-state index in [1.54, 1.807) is 6.07 Å². The predicted molar refractivity (Wildman–Crippen MR) is 102 cm³/mol. The number of fused-ring (bicyclic) bond motifs is 1. The first-order valence-corrected chi connectivity index (χ1v) is 10.8. The van der Waals surface area contributed by atoms with Gasteiger partial charge in [-0.25, -0.2) is 12.7 Å². The highest BCUT2D eigenvalue weighted by Gasteiger charge is 2.43. The number of sulfonamides is 1. The Morgan fingerprint density at radius 3 is 2.46 bits per heavy atom. The summed E-state index contributed by atoms with van der Waals surface area (Å²) in [6.07, 6.45) is 0. The summed E-state index contributed by atoms with van der Waals surface area (Å²) in [6.45, 7) is 6.14. The number of carbonyl (C=O) groups is 1. The first kappa shape index (κ1) is 18.8. The fourth-order valence-electron chi connectivity index (χ4n) is 2.88. The Hall–Kier alpha value is -1.99. The summed E-state index contributed by atoms with van der Waals surface area (Å²) in [5.74, 6) is 0.0607. The normalized spacial score (nSPS) is 15.4. The maximum atomic E-state index is 13.0. The van der Waals surface area contributed by atoms with Gasteiger partial charge in [-0.2, -0.15) is 0 Å². The molecule has 2 aromatic carbocycles. The Balaban J connectivity index is 2.00. The maximum absolute atomic E-state index is 13.0. The van der Waals surface area contributed by atoms with Crippen LogP contribution in [0.25, 0.3) is 0 Å². The molecule has 3 rings (SSSR count). The highest BCUT2D eigenvalue weighted by molar-refractivity contribution is 8.00. The molecule has 0 saturated carbocycles. The molecule has 7 heteroatoms. The van der Waals surface area contributed by atoms with Gasteiger partial charge >= 0.3 is 0 Å². The molecule has 26 heavy (non-hydrogen) atoms. The van der Waals surface area contributed by atoms with E-state index >= 15 is 0 Å². The average Bonchev–Trinajstić information content (AvgIpc) is 2.80. The summed E-state index contributed by atoms with van der Waals surface area (Å²) < 4.78 is 32.4. The quantitative estimate of drug-likeness (QED) is 0.694. The Morgan fingerprint density at radius 1 is 1.15 bits per heavy atom. The number of ether oxygens (including phenoxy) is 1. The van der Waals surface area contributed by atoms with Crippen LogP contribution in [0.15, 0.2) is 52.3 Å². The number of hydrogen-bond donors (Lipinski definition) is 0. The van der Waals surface area contributed by atoms with E-state index in [1.807, 2.05) is 51.1 Å². The van der Waals surface area contributed by atoms with E-state index in [2.05, 4.69) is 0 Å². The van der Waals surface area contributed by atoms with Crippen LogP contribution in [0.4, 0.5) is 0 Å². The zero-order valence-corrected chi connectivity index (χ0v) is 16.6. The van der Waals surface area contributed by atoms with Crippen LogP contribution in [-0.2, 0) is 10.0 Å². The molecular formula is C19H21NO4S2. The van der Waals surface area contributed by atoms with Gasteiger partial charge in [0.1, 0.15) is 10.6 Å². The van der Waals surface area contributed by atoms with E-state index in [0.29, 0.717) is 17.9 Å². The molecule has 0 saturated heterocycles. The van der Waals surface area contributed by atoms with Crippen molar-refractivity contribution >= 4 is 27.7 Å². The molecule has 0 atom stereocenters. The van der Waals surface area contributed by atoms with Gasteiger partial charge in [0.15, 0.2) is 0 Å². The maximum Gasteiger partial charge on any atom is 0.270 e. The summed E-state index contributed by atoms with van der Waals surface area (Å²) in [7, 11) is -3.88. The van der Waals surface area contributed by atoms with Gasteiger partial charge in [0.05, 0.1) is 18.0 Å². The number of carbonyl (C=O) groups excluding carboxylic acids is 1. The lowest BCUT2D eigenvalue weighted by Crippen LogP contribution is -2.29. The van der Waals surface area contributed by atoms with E-state index in [9.17, 15) is 13.2 Å². The number of amides is 1. The van der Waals surface area contributed by atoms with Crippen molar-refractivity contribution in [2.75, 3.05) is 12.5 Å². The standard InChI is InChI=1S/C19H21NO4S2/c1-4-24-14-10-16(13(2)3)18-17(11-14)26(22,23)20(19(18)21)12-25-15-8-6-5-7-9-15/h5-11,13H,4,12H2,1-3H3. The van der Waals surface area contributed by atoms with E-state index in [1.165, 1.54) is 17.8 Å². The van der Waals surface area contributed by atoms with E-state index in [4.69, 9.17) is 4.74 Å². The van der Waals surface area contributed by atoms with Gasteiger partial charge in [-0.1, -0.05) is 32.0 Å². The van der Waals surface area contributed by atoms with Crippen molar-refractivity contribution in [1.29, 1.82) is 0 Å². The van der Waals surface area contributed by atoms with E-state index in [0.717, 1.165) is 9.20 Å².